The van der Waals surface area contributed by atoms with Gasteiger partial charge in [0.25, 0.3) is 0 Å². The molecule has 0 amide bonds. The van der Waals surface area contributed by atoms with E-state index in [1.807, 2.05) is 4.68 Å². The number of hydrogen-bond acceptors (Lipinski definition) is 5. The molecule has 0 aliphatic heterocycles. The standard InChI is InChI=1S/C12H18ClN5O/c1-12(2,3)18-10-8(7-15-18)9(14-5-6-19-4)16-11(13)17-10/h7H,5-6H2,1-4H3,(H,14,16,17). The average molecular weight is 284 g/mol. The quantitative estimate of drug-likeness (QED) is 0.689. The van der Waals surface area contributed by atoms with E-state index < -0.39 is 0 Å². The van der Waals surface area contributed by atoms with Crippen molar-refractivity contribution in [1.29, 1.82) is 0 Å². The van der Waals surface area contributed by atoms with Crippen molar-refractivity contribution in [3.8, 4) is 0 Å². The molecular formula is C12H18ClN5O. The van der Waals surface area contributed by atoms with Crippen LogP contribution in [0.15, 0.2) is 6.20 Å². The Morgan fingerprint density at radius 3 is 2.74 bits per heavy atom. The fourth-order valence-electron chi connectivity index (χ4n) is 1.78. The van der Waals surface area contributed by atoms with Crippen LogP contribution in [0.3, 0.4) is 0 Å². The summed E-state index contributed by atoms with van der Waals surface area (Å²) in [6, 6.07) is 0. The van der Waals surface area contributed by atoms with Gasteiger partial charge in [0.1, 0.15) is 5.82 Å². The second-order valence-corrected chi connectivity index (χ2v) is 5.56. The third kappa shape index (κ3) is 2.96. The van der Waals surface area contributed by atoms with Crippen LogP contribution in [0.25, 0.3) is 11.0 Å². The lowest BCUT2D eigenvalue weighted by Gasteiger charge is -2.19. The van der Waals surface area contributed by atoms with E-state index in [0.29, 0.717) is 19.0 Å². The summed E-state index contributed by atoms with van der Waals surface area (Å²) < 4.78 is 6.85. The minimum absolute atomic E-state index is 0.163. The molecule has 2 rings (SSSR count). The number of fused-ring (bicyclic) bond motifs is 1. The van der Waals surface area contributed by atoms with E-state index in [4.69, 9.17) is 16.3 Å². The number of anilines is 1. The lowest BCUT2D eigenvalue weighted by Crippen LogP contribution is -2.23. The topological polar surface area (TPSA) is 64.9 Å². The summed E-state index contributed by atoms with van der Waals surface area (Å²) in [7, 11) is 1.65. The van der Waals surface area contributed by atoms with E-state index in [2.05, 4.69) is 41.2 Å². The van der Waals surface area contributed by atoms with Crippen LogP contribution < -0.4 is 5.32 Å². The predicted molar refractivity (Wildman–Crippen MR) is 75.7 cm³/mol. The second kappa shape index (κ2) is 5.30. The van der Waals surface area contributed by atoms with Gasteiger partial charge in [-0.2, -0.15) is 15.1 Å². The Balaban J connectivity index is 2.46. The minimum atomic E-state index is -0.163. The first-order valence-corrected chi connectivity index (χ1v) is 6.46. The number of nitrogens with zero attached hydrogens (tertiary/aromatic N) is 4. The molecule has 0 saturated heterocycles. The van der Waals surface area contributed by atoms with Gasteiger partial charge in [0.05, 0.1) is 23.7 Å². The van der Waals surface area contributed by atoms with Gasteiger partial charge in [-0.05, 0) is 32.4 Å². The molecule has 0 aromatic carbocycles. The molecule has 0 spiro atoms. The largest absolute Gasteiger partial charge is 0.383 e. The van der Waals surface area contributed by atoms with Crippen molar-refractivity contribution in [3.05, 3.63) is 11.5 Å². The van der Waals surface area contributed by atoms with Gasteiger partial charge in [-0.15, -0.1) is 0 Å². The molecule has 6 nitrogen and oxygen atoms in total. The molecule has 2 heterocycles. The lowest BCUT2D eigenvalue weighted by atomic mass is 10.1. The number of methoxy groups -OCH3 is 1. The molecule has 104 valence electrons. The van der Waals surface area contributed by atoms with Crippen LogP contribution in [0.1, 0.15) is 20.8 Å². The van der Waals surface area contributed by atoms with Crippen LogP contribution in [-0.2, 0) is 10.3 Å². The summed E-state index contributed by atoms with van der Waals surface area (Å²) in [4.78, 5) is 8.48. The summed E-state index contributed by atoms with van der Waals surface area (Å²) in [6.07, 6.45) is 1.76. The van der Waals surface area contributed by atoms with E-state index >= 15 is 0 Å². The van der Waals surface area contributed by atoms with Gasteiger partial charge in [-0.3, -0.25) is 0 Å². The Labute approximate surface area is 117 Å². The molecule has 2 aromatic rings. The van der Waals surface area contributed by atoms with Gasteiger partial charge in [-0.25, -0.2) is 4.68 Å². The van der Waals surface area contributed by atoms with Gasteiger partial charge >= 0.3 is 0 Å². The molecule has 0 fully saturated rings. The summed E-state index contributed by atoms with van der Waals surface area (Å²) in [5.74, 6) is 0.683. The van der Waals surface area contributed by atoms with Crippen molar-refractivity contribution in [2.75, 3.05) is 25.6 Å². The highest BCUT2D eigenvalue weighted by molar-refractivity contribution is 6.28. The zero-order valence-electron chi connectivity index (χ0n) is 11.6. The molecule has 0 radical (unpaired) electrons. The zero-order valence-corrected chi connectivity index (χ0v) is 12.3. The smallest absolute Gasteiger partial charge is 0.226 e. The minimum Gasteiger partial charge on any atom is -0.383 e. The van der Waals surface area contributed by atoms with Crippen molar-refractivity contribution < 1.29 is 4.74 Å². The Morgan fingerprint density at radius 2 is 2.11 bits per heavy atom. The lowest BCUT2D eigenvalue weighted by molar-refractivity contribution is 0.210. The van der Waals surface area contributed by atoms with Gasteiger partial charge in [0, 0.05) is 13.7 Å². The molecule has 7 heteroatoms. The van der Waals surface area contributed by atoms with Crippen molar-refractivity contribution in [1.82, 2.24) is 19.7 Å². The van der Waals surface area contributed by atoms with E-state index in [9.17, 15) is 0 Å². The van der Waals surface area contributed by atoms with Crippen LogP contribution in [0.5, 0.6) is 0 Å². The van der Waals surface area contributed by atoms with Crippen molar-refractivity contribution in [2.24, 2.45) is 0 Å². The fraction of sp³-hybridized carbons (Fsp3) is 0.583. The maximum atomic E-state index is 5.98. The Hall–Kier alpha value is -1.40. The molecule has 0 atom stereocenters. The molecule has 0 bridgehead atoms. The predicted octanol–water partition coefficient (Wildman–Crippen LogP) is 2.29. The molecule has 0 saturated carbocycles. The Morgan fingerprint density at radius 1 is 1.37 bits per heavy atom. The van der Waals surface area contributed by atoms with E-state index in [1.165, 1.54) is 0 Å². The number of halogens is 1. The van der Waals surface area contributed by atoms with Crippen molar-refractivity contribution >= 4 is 28.5 Å². The van der Waals surface area contributed by atoms with Crippen LogP contribution >= 0.6 is 11.6 Å². The molecule has 0 aliphatic rings. The van der Waals surface area contributed by atoms with Crippen LogP contribution in [0, 0.1) is 0 Å². The Bertz CT molecular complexity index is 575. The van der Waals surface area contributed by atoms with E-state index in [-0.39, 0.29) is 10.8 Å². The van der Waals surface area contributed by atoms with Crippen molar-refractivity contribution in [2.45, 2.75) is 26.3 Å². The highest BCUT2D eigenvalue weighted by Crippen LogP contribution is 2.25. The molecule has 19 heavy (non-hydrogen) atoms. The third-order valence-electron chi connectivity index (χ3n) is 2.64. The highest BCUT2D eigenvalue weighted by atomic mass is 35.5. The number of rotatable bonds is 4. The van der Waals surface area contributed by atoms with Gasteiger partial charge in [0.2, 0.25) is 5.28 Å². The van der Waals surface area contributed by atoms with Crippen LogP contribution in [0.2, 0.25) is 5.28 Å². The average Bonchev–Trinajstić information content (AvgIpc) is 2.72. The maximum Gasteiger partial charge on any atom is 0.226 e. The van der Waals surface area contributed by atoms with Gasteiger partial charge < -0.3 is 10.1 Å². The van der Waals surface area contributed by atoms with Crippen LogP contribution in [0.4, 0.5) is 5.82 Å². The SMILES string of the molecule is COCCNc1nc(Cl)nc2c1cnn2C(C)(C)C. The molecule has 1 N–H and O–H groups in total. The molecule has 0 unspecified atom stereocenters. The summed E-state index contributed by atoms with van der Waals surface area (Å²) in [6.45, 7) is 7.44. The molecule has 0 aliphatic carbocycles. The fourth-order valence-corrected chi connectivity index (χ4v) is 1.94. The molecule has 2 aromatic heterocycles. The highest BCUT2D eigenvalue weighted by Gasteiger charge is 2.20. The first-order valence-electron chi connectivity index (χ1n) is 6.08. The number of nitrogens with one attached hydrogen (secondary N) is 1. The summed E-state index contributed by atoms with van der Waals surface area (Å²) in [5.41, 5.74) is 0.566. The third-order valence-corrected chi connectivity index (χ3v) is 2.80. The number of hydrogen-bond donors (Lipinski definition) is 1. The van der Waals surface area contributed by atoms with Crippen molar-refractivity contribution in [3.63, 3.8) is 0 Å². The molecular weight excluding hydrogens is 266 g/mol. The zero-order chi connectivity index (χ0) is 14.0. The summed E-state index contributed by atoms with van der Waals surface area (Å²) >= 11 is 5.98. The van der Waals surface area contributed by atoms with E-state index in [1.54, 1.807) is 13.3 Å². The van der Waals surface area contributed by atoms with E-state index in [0.717, 1.165) is 11.0 Å². The Kier molecular flexibility index (Phi) is 3.91. The van der Waals surface area contributed by atoms with Gasteiger partial charge in [-0.1, -0.05) is 0 Å². The first-order chi connectivity index (χ1) is 8.93. The van der Waals surface area contributed by atoms with Gasteiger partial charge in [0.15, 0.2) is 5.65 Å². The first kappa shape index (κ1) is 14.0. The normalized spacial score (nSPS) is 12.1. The summed E-state index contributed by atoms with van der Waals surface area (Å²) in [5, 5.41) is 8.62. The number of aromatic nitrogens is 4. The number of ether oxygens (including phenoxy) is 1. The monoisotopic (exact) mass is 283 g/mol. The maximum absolute atomic E-state index is 5.98. The second-order valence-electron chi connectivity index (χ2n) is 5.23. The van der Waals surface area contributed by atoms with Crippen LogP contribution in [-0.4, -0.2) is 40.0 Å².